The first-order valence-corrected chi connectivity index (χ1v) is 7.11. The van der Waals surface area contributed by atoms with Crippen LogP contribution in [0.2, 0.25) is 5.02 Å². The Morgan fingerprint density at radius 1 is 1.33 bits per heavy atom. The highest BCUT2D eigenvalue weighted by Crippen LogP contribution is 2.32. The van der Waals surface area contributed by atoms with Gasteiger partial charge in [-0.3, -0.25) is 0 Å². The molecule has 0 amide bonds. The molecule has 0 unspecified atom stereocenters. The van der Waals surface area contributed by atoms with Crippen LogP contribution >= 0.6 is 11.6 Å². The molecule has 0 aliphatic carbocycles. The summed E-state index contributed by atoms with van der Waals surface area (Å²) in [6.07, 6.45) is 1.69. The van der Waals surface area contributed by atoms with Gasteiger partial charge in [-0.05, 0) is 31.5 Å². The first kappa shape index (κ1) is 15.5. The fraction of sp³-hybridized carbons (Fsp3) is 0.333. The topological polar surface area (TPSA) is 47.0 Å². The van der Waals surface area contributed by atoms with E-state index in [4.69, 9.17) is 16.3 Å². The Bertz CT molecular complexity index is 649. The summed E-state index contributed by atoms with van der Waals surface area (Å²) in [6, 6.07) is 3.99. The van der Waals surface area contributed by atoms with Gasteiger partial charge in [-0.2, -0.15) is 4.98 Å². The highest BCUT2D eigenvalue weighted by Gasteiger charge is 2.13. The lowest BCUT2D eigenvalue weighted by atomic mass is 10.2. The number of benzene rings is 1. The van der Waals surface area contributed by atoms with Gasteiger partial charge in [-0.15, -0.1) is 0 Å². The van der Waals surface area contributed by atoms with Gasteiger partial charge in [-0.25, -0.2) is 9.37 Å². The largest absolute Gasteiger partial charge is 0.437 e. The molecule has 1 heterocycles. The van der Waals surface area contributed by atoms with Gasteiger partial charge in [0.05, 0.1) is 10.6 Å². The van der Waals surface area contributed by atoms with E-state index in [0.717, 1.165) is 18.4 Å². The number of hydrogen-bond donors (Lipinski definition) is 1. The van der Waals surface area contributed by atoms with Crippen LogP contribution in [0.15, 0.2) is 18.2 Å². The third kappa shape index (κ3) is 3.61. The number of aromatic nitrogens is 2. The summed E-state index contributed by atoms with van der Waals surface area (Å²) in [4.78, 5) is 8.83. The lowest BCUT2D eigenvalue weighted by Crippen LogP contribution is -2.05. The van der Waals surface area contributed by atoms with Crippen LogP contribution in [-0.4, -0.2) is 17.0 Å². The summed E-state index contributed by atoms with van der Waals surface area (Å²) < 4.78 is 18.8. The van der Waals surface area contributed by atoms with E-state index in [-0.39, 0.29) is 5.02 Å². The zero-order chi connectivity index (χ0) is 15.4. The second-order valence-corrected chi connectivity index (χ2v) is 5.00. The number of anilines is 1. The molecule has 0 aliphatic heterocycles. The molecule has 0 bridgehead atoms. The molecule has 0 fully saturated rings. The van der Waals surface area contributed by atoms with Crippen LogP contribution in [0.3, 0.4) is 0 Å². The maximum absolute atomic E-state index is 13.1. The lowest BCUT2D eigenvalue weighted by Gasteiger charge is -2.13. The minimum Gasteiger partial charge on any atom is -0.437 e. The molecular weight excluding hydrogens is 293 g/mol. The lowest BCUT2D eigenvalue weighted by molar-refractivity contribution is 0.453. The zero-order valence-electron chi connectivity index (χ0n) is 12.2. The molecule has 0 saturated carbocycles. The van der Waals surface area contributed by atoms with E-state index < -0.39 is 5.82 Å². The van der Waals surface area contributed by atoms with Gasteiger partial charge in [0, 0.05) is 13.5 Å². The number of hydrogen-bond acceptors (Lipinski definition) is 4. The van der Waals surface area contributed by atoms with Crippen molar-refractivity contribution in [2.24, 2.45) is 0 Å². The van der Waals surface area contributed by atoms with Crippen LogP contribution in [0, 0.1) is 12.7 Å². The van der Waals surface area contributed by atoms with E-state index in [1.165, 1.54) is 18.2 Å². The van der Waals surface area contributed by atoms with E-state index in [1.54, 1.807) is 7.05 Å². The minimum atomic E-state index is -0.408. The Hall–Kier alpha value is -1.88. The van der Waals surface area contributed by atoms with Crippen LogP contribution in [0.4, 0.5) is 10.2 Å². The van der Waals surface area contributed by atoms with Crippen molar-refractivity contribution in [2.45, 2.75) is 26.7 Å². The maximum Gasteiger partial charge on any atom is 0.227 e. The SMILES string of the molecule is CCCc1nc(NC)c(C)c(Oc2ccc(F)cc2Cl)n1. The minimum absolute atomic E-state index is 0.205. The smallest absolute Gasteiger partial charge is 0.227 e. The van der Waals surface area contributed by atoms with Crippen molar-refractivity contribution in [3.63, 3.8) is 0 Å². The Labute approximate surface area is 128 Å². The third-order valence-corrected chi connectivity index (χ3v) is 3.25. The molecule has 1 aromatic carbocycles. The zero-order valence-corrected chi connectivity index (χ0v) is 13.0. The first-order valence-electron chi connectivity index (χ1n) is 6.73. The Kier molecular flexibility index (Phi) is 4.96. The average Bonchev–Trinajstić information content (AvgIpc) is 2.45. The van der Waals surface area contributed by atoms with E-state index in [2.05, 4.69) is 22.2 Å². The fourth-order valence-electron chi connectivity index (χ4n) is 1.88. The molecule has 2 aromatic rings. The predicted molar refractivity (Wildman–Crippen MR) is 81.8 cm³/mol. The number of aryl methyl sites for hydroxylation is 1. The normalized spacial score (nSPS) is 10.5. The molecule has 2 rings (SSSR count). The van der Waals surface area contributed by atoms with Crippen molar-refractivity contribution < 1.29 is 9.13 Å². The molecule has 4 nitrogen and oxygen atoms in total. The summed E-state index contributed by atoms with van der Waals surface area (Å²) in [5.74, 6) is 1.78. The van der Waals surface area contributed by atoms with Gasteiger partial charge in [0.15, 0.2) is 0 Å². The molecule has 0 atom stereocenters. The summed E-state index contributed by atoms with van der Waals surface area (Å²) >= 11 is 5.98. The number of halogens is 2. The van der Waals surface area contributed by atoms with E-state index in [1.807, 2.05) is 6.92 Å². The van der Waals surface area contributed by atoms with E-state index >= 15 is 0 Å². The molecule has 1 N–H and O–H groups in total. The van der Waals surface area contributed by atoms with Crippen molar-refractivity contribution in [2.75, 3.05) is 12.4 Å². The van der Waals surface area contributed by atoms with Crippen LogP contribution in [0.25, 0.3) is 0 Å². The summed E-state index contributed by atoms with van der Waals surface area (Å²) in [5, 5.41) is 3.22. The standard InChI is InChI=1S/C15H17ClFN3O/c1-4-5-13-19-14(18-3)9(2)15(20-13)21-12-7-6-10(17)8-11(12)16/h6-8H,4-5H2,1-3H3,(H,18,19,20). The molecule has 112 valence electrons. The van der Waals surface area contributed by atoms with Crippen molar-refractivity contribution in [1.29, 1.82) is 0 Å². The van der Waals surface area contributed by atoms with Gasteiger partial charge < -0.3 is 10.1 Å². The second-order valence-electron chi connectivity index (χ2n) is 4.60. The predicted octanol–water partition coefficient (Wildman–Crippen LogP) is 4.36. The fourth-order valence-corrected chi connectivity index (χ4v) is 2.09. The van der Waals surface area contributed by atoms with E-state index in [0.29, 0.717) is 23.3 Å². The first-order chi connectivity index (χ1) is 10.0. The summed E-state index contributed by atoms with van der Waals surface area (Å²) in [6.45, 7) is 3.91. The van der Waals surface area contributed by atoms with E-state index in [9.17, 15) is 4.39 Å². The monoisotopic (exact) mass is 309 g/mol. The number of nitrogens with zero attached hydrogens (tertiary/aromatic N) is 2. The highest BCUT2D eigenvalue weighted by atomic mass is 35.5. The van der Waals surface area contributed by atoms with Gasteiger partial charge in [0.1, 0.15) is 23.2 Å². The molecule has 21 heavy (non-hydrogen) atoms. The van der Waals surface area contributed by atoms with Gasteiger partial charge in [0.2, 0.25) is 5.88 Å². The van der Waals surface area contributed by atoms with Crippen molar-refractivity contribution in [1.82, 2.24) is 9.97 Å². The number of ether oxygens (including phenoxy) is 1. The molecule has 0 aliphatic rings. The van der Waals surface area contributed by atoms with Gasteiger partial charge >= 0.3 is 0 Å². The molecule has 0 saturated heterocycles. The van der Waals surface area contributed by atoms with Crippen LogP contribution in [0.1, 0.15) is 24.7 Å². The third-order valence-electron chi connectivity index (χ3n) is 2.96. The number of rotatable bonds is 5. The van der Waals surface area contributed by atoms with Crippen LogP contribution < -0.4 is 10.1 Å². The quantitative estimate of drug-likeness (QED) is 0.891. The van der Waals surface area contributed by atoms with Crippen LogP contribution in [-0.2, 0) is 6.42 Å². The molecule has 6 heteroatoms. The summed E-state index contributed by atoms with van der Waals surface area (Å²) in [7, 11) is 1.79. The maximum atomic E-state index is 13.1. The van der Waals surface area contributed by atoms with Gasteiger partial charge in [0.25, 0.3) is 0 Å². The average molecular weight is 310 g/mol. The van der Waals surface area contributed by atoms with Crippen molar-refractivity contribution in [3.8, 4) is 11.6 Å². The second kappa shape index (κ2) is 6.72. The molecule has 0 radical (unpaired) electrons. The molecule has 1 aromatic heterocycles. The highest BCUT2D eigenvalue weighted by molar-refractivity contribution is 6.32. The van der Waals surface area contributed by atoms with Crippen molar-refractivity contribution >= 4 is 17.4 Å². The molecular formula is C15H17ClFN3O. The van der Waals surface area contributed by atoms with Crippen molar-refractivity contribution in [3.05, 3.63) is 40.4 Å². The van der Waals surface area contributed by atoms with Gasteiger partial charge in [-0.1, -0.05) is 18.5 Å². The Morgan fingerprint density at radius 2 is 2.10 bits per heavy atom. The Balaban J connectivity index is 2.40. The number of nitrogens with one attached hydrogen (secondary N) is 1. The Morgan fingerprint density at radius 3 is 2.71 bits per heavy atom. The van der Waals surface area contributed by atoms with Crippen LogP contribution in [0.5, 0.6) is 11.6 Å². The summed E-state index contributed by atoms with van der Waals surface area (Å²) in [5.41, 5.74) is 0.776. The molecule has 0 spiro atoms.